The van der Waals surface area contributed by atoms with E-state index in [0.717, 1.165) is 43.7 Å². The molecule has 2 atom stereocenters. The summed E-state index contributed by atoms with van der Waals surface area (Å²) in [6.07, 6.45) is 8.08. The second-order valence-corrected chi connectivity index (χ2v) is 11.4. The molecule has 2 aromatic heterocycles. The van der Waals surface area contributed by atoms with Gasteiger partial charge in [-0.05, 0) is 55.7 Å². The summed E-state index contributed by atoms with van der Waals surface area (Å²) in [7, 11) is -3.30. The lowest BCUT2D eigenvalue weighted by atomic mass is 9.82. The Morgan fingerprint density at radius 3 is 2.59 bits per heavy atom. The number of aromatic nitrogens is 3. The third-order valence-corrected chi connectivity index (χ3v) is 7.93. The number of hydrogen-bond donors (Lipinski definition) is 1. The lowest BCUT2D eigenvalue weighted by Gasteiger charge is -2.40. The van der Waals surface area contributed by atoms with Gasteiger partial charge in [-0.2, -0.15) is 9.61 Å². The summed E-state index contributed by atoms with van der Waals surface area (Å²) in [4.78, 5) is 6.56. The predicted molar refractivity (Wildman–Crippen MR) is 132 cm³/mol. The molecule has 182 valence electrons. The van der Waals surface area contributed by atoms with E-state index in [-0.39, 0.29) is 18.1 Å². The Morgan fingerprint density at radius 2 is 1.82 bits per heavy atom. The fourth-order valence-electron chi connectivity index (χ4n) is 5.46. The molecule has 1 saturated carbocycles. The first kappa shape index (κ1) is 23.3. The molecular formula is C25H33N5O3S. The Morgan fingerprint density at radius 1 is 1.03 bits per heavy atom. The molecule has 3 heterocycles. The Labute approximate surface area is 201 Å². The standard InChI is InChI=1S/C25H33N5O3S/c1-34(31,32)28-23-14-15-29(25-9-5-8-24-26-18-27-30(24)25)16-21(23)17-33-22-12-10-20(11-13-22)19-6-3-2-4-7-19/h2-9,18,20-23,28H,10-17H2,1H3/t20-,21-,22+,23-/m0/s1. The molecule has 8 nitrogen and oxygen atoms in total. The van der Waals surface area contributed by atoms with Crippen LogP contribution in [-0.2, 0) is 14.8 Å². The second kappa shape index (κ2) is 10.0. The van der Waals surface area contributed by atoms with Crippen molar-refractivity contribution in [3.63, 3.8) is 0 Å². The molecule has 1 aliphatic carbocycles. The van der Waals surface area contributed by atoms with Crippen LogP contribution in [0.3, 0.4) is 0 Å². The number of nitrogens with one attached hydrogen (secondary N) is 1. The van der Waals surface area contributed by atoms with Gasteiger partial charge in [-0.15, -0.1) is 0 Å². The van der Waals surface area contributed by atoms with Gasteiger partial charge < -0.3 is 9.64 Å². The van der Waals surface area contributed by atoms with Crippen molar-refractivity contribution >= 4 is 21.5 Å². The second-order valence-electron chi connectivity index (χ2n) is 9.62. The van der Waals surface area contributed by atoms with E-state index in [1.54, 1.807) is 6.33 Å². The molecule has 0 amide bonds. The van der Waals surface area contributed by atoms with E-state index < -0.39 is 10.0 Å². The van der Waals surface area contributed by atoms with Gasteiger partial charge in [-0.1, -0.05) is 36.4 Å². The first-order chi connectivity index (χ1) is 16.5. The van der Waals surface area contributed by atoms with Crippen molar-refractivity contribution in [1.82, 2.24) is 19.3 Å². The van der Waals surface area contributed by atoms with Crippen LogP contribution in [0.5, 0.6) is 0 Å². The number of fused-ring (bicyclic) bond motifs is 1. The highest BCUT2D eigenvalue weighted by Gasteiger charge is 2.33. The summed E-state index contributed by atoms with van der Waals surface area (Å²) in [6, 6.07) is 16.5. The highest BCUT2D eigenvalue weighted by atomic mass is 32.2. The molecule has 0 radical (unpaired) electrons. The zero-order valence-electron chi connectivity index (χ0n) is 19.6. The van der Waals surface area contributed by atoms with Crippen molar-refractivity contribution < 1.29 is 13.2 Å². The highest BCUT2D eigenvalue weighted by molar-refractivity contribution is 7.88. The maximum absolute atomic E-state index is 12.0. The summed E-state index contributed by atoms with van der Waals surface area (Å²) in [6.45, 7) is 1.98. The Hall–Kier alpha value is -2.49. The number of hydrogen-bond acceptors (Lipinski definition) is 6. The number of anilines is 1. The first-order valence-electron chi connectivity index (χ1n) is 12.1. The van der Waals surface area contributed by atoms with Crippen molar-refractivity contribution in [2.45, 2.75) is 50.2 Å². The van der Waals surface area contributed by atoms with Gasteiger partial charge in [0.2, 0.25) is 10.0 Å². The molecule has 1 saturated heterocycles. The summed E-state index contributed by atoms with van der Waals surface area (Å²) in [5.74, 6) is 1.63. The smallest absolute Gasteiger partial charge is 0.208 e. The molecule has 2 aliphatic rings. The number of nitrogens with zero attached hydrogens (tertiary/aromatic N) is 4. The van der Waals surface area contributed by atoms with Crippen LogP contribution in [0.15, 0.2) is 54.9 Å². The van der Waals surface area contributed by atoms with Gasteiger partial charge in [0.15, 0.2) is 5.65 Å². The Bertz CT molecular complexity index is 1190. The first-order valence-corrected chi connectivity index (χ1v) is 14.0. The van der Waals surface area contributed by atoms with Gasteiger partial charge >= 0.3 is 0 Å². The number of piperidine rings is 1. The van der Waals surface area contributed by atoms with Gasteiger partial charge in [-0.25, -0.2) is 18.1 Å². The summed E-state index contributed by atoms with van der Waals surface area (Å²) in [5.41, 5.74) is 2.22. The van der Waals surface area contributed by atoms with Gasteiger partial charge in [-0.3, -0.25) is 0 Å². The van der Waals surface area contributed by atoms with Crippen LogP contribution in [0.2, 0.25) is 0 Å². The monoisotopic (exact) mass is 483 g/mol. The Kier molecular flexibility index (Phi) is 6.85. The van der Waals surface area contributed by atoms with E-state index in [1.165, 1.54) is 11.8 Å². The number of ether oxygens (including phenoxy) is 1. The van der Waals surface area contributed by atoms with Crippen LogP contribution >= 0.6 is 0 Å². The summed E-state index contributed by atoms with van der Waals surface area (Å²) < 4.78 is 35.2. The van der Waals surface area contributed by atoms with E-state index >= 15 is 0 Å². The van der Waals surface area contributed by atoms with Crippen molar-refractivity contribution in [3.05, 3.63) is 60.4 Å². The normalized spacial score (nSPS) is 26.1. The number of benzene rings is 1. The number of sulfonamides is 1. The topological polar surface area (TPSA) is 88.8 Å². The Balaban J connectivity index is 1.24. The van der Waals surface area contributed by atoms with Crippen LogP contribution in [0.4, 0.5) is 5.82 Å². The van der Waals surface area contributed by atoms with Crippen LogP contribution in [0.1, 0.15) is 43.6 Å². The summed E-state index contributed by atoms with van der Waals surface area (Å²) >= 11 is 0. The summed E-state index contributed by atoms with van der Waals surface area (Å²) in [5, 5.41) is 4.37. The fourth-order valence-corrected chi connectivity index (χ4v) is 6.32. The van der Waals surface area contributed by atoms with Crippen molar-refractivity contribution in [3.8, 4) is 0 Å². The molecule has 1 aromatic carbocycles. The maximum atomic E-state index is 12.0. The number of rotatable bonds is 7. The average molecular weight is 484 g/mol. The van der Waals surface area contributed by atoms with E-state index in [9.17, 15) is 8.42 Å². The molecule has 0 bridgehead atoms. The number of pyridine rings is 1. The molecular weight excluding hydrogens is 450 g/mol. The molecule has 0 spiro atoms. The molecule has 1 N–H and O–H groups in total. The molecule has 5 rings (SSSR count). The molecule has 1 aliphatic heterocycles. The van der Waals surface area contributed by atoms with Crippen LogP contribution in [0, 0.1) is 5.92 Å². The van der Waals surface area contributed by atoms with Crippen molar-refractivity contribution in [2.75, 3.05) is 30.9 Å². The quantitative estimate of drug-likeness (QED) is 0.555. The predicted octanol–water partition coefficient (Wildman–Crippen LogP) is 3.22. The largest absolute Gasteiger partial charge is 0.378 e. The zero-order valence-corrected chi connectivity index (χ0v) is 20.4. The SMILES string of the molecule is CS(=O)(=O)N[C@H]1CCN(c2cccc3ncnn23)C[C@H]1CO[C@H]1CC[C@@H](c2ccccc2)CC1. The highest BCUT2D eigenvalue weighted by Crippen LogP contribution is 2.34. The minimum absolute atomic E-state index is 0.0501. The molecule has 0 unspecified atom stereocenters. The average Bonchev–Trinajstić information content (AvgIpc) is 3.33. The molecule has 2 fully saturated rings. The third kappa shape index (κ3) is 5.42. The van der Waals surface area contributed by atoms with Crippen LogP contribution < -0.4 is 9.62 Å². The van der Waals surface area contributed by atoms with E-state index in [0.29, 0.717) is 25.5 Å². The van der Waals surface area contributed by atoms with Gasteiger partial charge in [0, 0.05) is 25.0 Å². The van der Waals surface area contributed by atoms with Gasteiger partial charge in [0.1, 0.15) is 12.1 Å². The van der Waals surface area contributed by atoms with Gasteiger partial charge in [0.05, 0.1) is 19.0 Å². The van der Waals surface area contributed by atoms with E-state index in [1.807, 2.05) is 22.7 Å². The minimum Gasteiger partial charge on any atom is -0.378 e. The zero-order chi connectivity index (χ0) is 23.5. The maximum Gasteiger partial charge on any atom is 0.208 e. The van der Waals surface area contributed by atoms with Gasteiger partial charge in [0.25, 0.3) is 0 Å². The lowest BCUT2D eigenvalue weighted by Crippen LogP contribution is -2.53. The lowest BCUT2D eigenvalue weighted by molar-refractivity contribution is -0.00215. The van der Waals surface area contributed by atoms with Crippen LogP contribution in [0.25, 0.3) is 5.65 Å². The molecule has 9 heteroatoms. The molecule has 3 aromatic rings. The fraction of sp³-hybridized carbons (Fsp3) is 0.520. The van der Waals surface area contributed by atoms with E-state index in [2.05, 4.69) is 50.0 Å². The van der Waals surface area contributed by atoms with Crippen LogP contribution in [-0.4, -0.2) is 61.1 Å². The molecule has 34 heavy (non-hydrogen) atoms. The van der Waals surface area contributed by atoms with Crippen molar-refractivity contribution in [2.24, 2.45) is 5.92 Å². The minimum atomic E-state index is -3.30. The third-order valence-electron chi connectivity index (χ3n) is 7.20. The van der Waals surface area contributed by atoms with Crippen molar-refractivity contribution in [1.29, 1.82) is 0 Å². The van der Waals surface area contributed by atoms with E-state index in [4.69, 9.17) is 4.74 Å².